The summed E-state index contributed by atoms with van der Waals surface area (Å²) in [7, 11) is 1.74. The number of rotatable bonds is 8. The number of aryl methyl sites for hydroxylation is 1. The maximum Gasteiger partial charge on any atom is 0.130 e. The molecule has 1 aromatic rings. The van der Waals surface area contributed by atoms with Crippen molar-refractivity contribution in [3.05, 3.63) is 18.2 Å². The molecular formula is C13H26N4O. The maximum absolute atomic E-state index is 5.76. The highest BCUT2D eigenvalue weighted by Gasteiger charge is 2.38. The lowest BCUT2D eigenvalue weighted by Gasteiger charge is -2.37. The van der Waals surface area contributed by atoms with Gasteiger partial charge in [-0.2, -0.15) is 0 Å². The van der Waals surface area contributed by atoms with Gasteiger partial charge in [0.15, 0.2) is 0 Å². The van der Waals surface area contributed by atoms with E-state index in [1.54, 1.807) is 7.11 Å². The molecule has 18 heavy (non-hydrogen) atoms. The first-order valence-corrected chi connectivity index (χ1v) is 6.71. The van der Waals surface area contributed by atoms with Gasteiger partial charge in [-0.3, -0.25) is 5.84 Å². The van der Waals surface area contributed by atoms with Crippen molar-refractivity contribution in [3.8, 4) is 0 Å². The van der Waals surface area contributed by atoms with Crippen molar-refractivity contribution >= 4 is 0 Å². The quantitative estimate of drug-likeness (QED) is 0.550. The van der Waals surface area contributed by atoms with Gasteiger partial charge >= 0.3 is 0 Å². The van der Waals surface area contributed by atoms with Gasteiger partial charge in [-0.1, -0.05) is 20.8 Å². The number of hydrazine groups is 1. The molecule has 1 heterocycles. The Bertz CT molecular complexity index is 338. The number of nitrogens with zero attached hydrogens (tertiary/aromatic N) is 2. The van der Waals surface area contributed by atoms with Crippen LogP contribution in [0.25, 0.3) is 0 Å². The molecule has 0 aliphatic rings. The number of aromatic nitrogens is 2. The van der Waals surface area contributed by atoms with Crippen LogP contribution in [0, 0.1) is 0 Å². The lowest BCUT2D eigenvalue weighted by atomic mass is 9.88. The van der Waals surface area contributed by atoms with Crippen LogP contribution < -0.4 is 11.3 Å². The minimum Gasteiger partial charge on any atom is -0.376 e. The highest BCUT2D eigenvalue weighted by molar-refractivity contribution is 5.07. The monoisotopic (exact) mass is 254 g/mol. The van der Waals surface area contributed by atoms with Crippen LogP contribution in [0.4, 0.5) is 0 Å². The summed E-state index contributed by atoms with van der Waals surface area (Å²) in [5.74, 6) is 6.71. The lowest BCUT2D eigenvalue weighted by molar-refractivity contribution is -0.0516. The Labute approximate surface area is 110 Å². The molecule has 0 fully saturated rings. The van der Waals surface area contributed by atoms with E-state index in [4.69, 9.17) is 10.6 Å². The van der Waals surface area contributed by atoms with Crippen LogP contribution in [-0.4, -0.2) is 22.3 Å². The highest BCUT2D eigenvalue weighted by Crippen LogP contribution is 2.33. The molecule has 104 valence electrons. The maximum atomic E-state index is 5.76. The Kier molecular flexibility index (Phi) is 5.78. The Hall–Kier alpha value is -0.910. The Morgan fingerprint density at radius 1 is 1.44 bits per heavy atom. The van der Waals surface area contributed by atoms with Crippen LogP contribution in [0.5, 0.6) is 0 Å². The van der Waals surface area contributed by atoms with Gasteiger partial charge in [-0.25, -0.2) is 10.4 Å². The molecular weight excluding hydrogens is 228 g/mol. The molecule has 0 spiro atoms. The van der Waals surface area contributed by atoms with Crippen molar-refractivity contribution in [3.63, 3.8) is 0 Å². The van der Waals surface area contributed by atoms with E-state index in [2.05, 4.69) is 35.7 Å². The first-order chi connectivity index (χ1) is 8.68. The standard InChI is InChI=1S/C13H26N4O/c1-5-9-17-10-8-15-12(17)11(16-14)13(6-2,7-3)18-4/h8,10-11,16H,5-7,9,14H2,1-4H3. The average molecular weight is 254 g/mol. The zero-order valence-corrected chi connectivity index (χ0v) is 11.9. The van der Waals surface area contributed by atoms with Crippen LogP contribution in [0.2, 0.25) is 0 Å². The van der Waals surface area contributed by atoms with Crippen molar-refractivity contribution in [2.45, 2.75) is 58.2 Å². The zero-order chi connectivity index (χ0) is 13.6. The zero-order valence-electron chi connectivity index (χ0n) is 11.9. The van der Waals surface area contributed by atoms with Gasteiger partial charge < -0.3 is 9.30 Å². The van der Waals surface area contributed by atoms with Gasteiger partial charge in [-0.15, -0.1) is 0 Å². The van der Waals surface area contributed by atoms with Crippen molar-refractivity contribution in [2.24, 2.45) is 5.84 Å². The van der Waals surface area contributed by atoms with Gasteiger partial charge in [0.2, 0.25) is 0 Å². The summed E-state index contributed by atoms with van der Waals surface area (Å²) in [6.07, 6.45) is 6.65. The second kappa shape index (κ2) is 6.87. The van der Waals surface area contributed by atoms with E-state index < -0.39 is 0 Å². The van der Waals surface area contributed by atoms with E-state index in [0.717, 1.165) is 31.6 Å². The van der Waals surface area contributed by atoms with Gasteiger partial charge in [0, 0.05) is 26.0 Å². The molecule has 0 saturated carbocycles. The average Bonchev–Trinajstić information content (AvgIpc) is 2.84. The van der Waals surface area contributed by atoms with Gasteiger partial charge in [-0.05, 0) is 19.3 Å². The normalized spacial score (nSPS) is 13.8. The number of hydrogen-bond donors (Lipinski definition) is 2. The molecule has 1 rings (SSSR count). The van der Waals surface area contributed by atoms with Crippen LogP contribution in [0.3, 0.4) is 0 Å². The summed E-state index contributed by atoms with van der Waals surface area (Å²) in [5, 5.41) is 0. The van der Waals surface area contributed by atoms with E-state index in [-0.39, 0.29) is 11.6 Å². The van der Waals surface area contributed by atoms with Gasteiger partial charge in [0.05, 0.1) is 5.60 Å². The van der Waals surface area contributed by atoms with E-state index in [0.29, 0.717) is 0 Å². The molecule has 0 radical (unpaired) electrons. The SMILES string of the molecule is CCCn1ccnc1C(NN)C(CC)(CC)OC. The third-order valence-electron chi connectivity index (χ3n) is 3.77. The molecule has 1 unspecified atom stereocenters. The Morgan fingerprint density at radius 3 is 2.56 bits per heavy atom. The minimum absolute atomic E-state index is 0.0981. The van der Waals surface area contributed by atoms with Crippen molar-refractivity contribution < 1.29 is 4.74 Å². The summed E-state index contributed by atoms with van der Waals surface area (Å²) >= 11 is 0. The Balaban J connectivity index is 3.11. The van der Waals surface area contributed by atoms with Crippen molar-refractivity contribution in [1.29, 1.82) is 0 Å². The molecule has 0 bridgehead atoms. The second-order valence-corrected chi connectivity index (χ2v) is 4.55. The molecule has 0 aliphatic heterocycles. The molecule has 0 aliphatic carbocycles. The fourth-order valence-corrected chi connectivity index (χ4v) is 2.54. The van der Waals surface area contributed by atoms with Crippen LogP contribution >= 0.6 is 0 Å². The second-order valence-electron chi connectivity index (χ2n) is 4.55. The van der Waals surface area contributed by atoms with Crippen molar-refractivity contribution in [2.75, 3.05) is 7.11 Å². The predicted octanol–water partition coefficient (Wildman–Crippen LogP) is 2.00. The summed E-state index contributed by atoms with van der Waals surface area (Å²) in [5.41, 5.74) is 2.57. The summed E-state index contributed by atoms with van der Waals surface area (Å²) in [4.78, 5) is 4.46. The molecule has 0 saturated heterocycles. The van der Waals surface area contributed by atoms with E-state index >= 15 is 0 Å². The van der Waals surface area contributed by atoms with E-state index in [1.807, 2.05) is 12.4 Å². The summed E-state index contributed by atoms with van der Waals surface area (Å²) in [6, 6.07) is -0.0981. The number of nitrogens with one attached hydrogen (secondary N) is 1. The van der Waals surface area contributed by atoms with Gasteiger partial charge in [0.1, 0.15) is 11.9 Å². The third-order valence-corrected chi connectivity index (χ3v) is 3.77. The number of nitrogens with two attached hydrogens (primary N) is 1. The first-order valence-electron chi connectivity index (χ1n) is 6.71. The van der Waals surface area contributed by atoms with E-state index in [9.17, 15) is 0 Å². The van der Waals surface area contributed by atoms with Crippen molar-refractivity contribution in [1.82, 2.24) is 15.0 Å². The first kappa shape index (κ1) is 15.1. The molecule has 0 aromatic carbocycles. The summed E-state index contributed by atoms with van der Waals surface area (Å²) in [6.45, 7) is 7.33. The highest BCUT2D eigenvalue weighted by atomic mass is 16.5. The largest absolute Gasteiger partial charge is 0.376 e. The number of ether oxygens (including phenoxy) is 1. The fraction of sp³-hybridized carbons (Fsp3) is 0.769. The number of hydrogen-bond acceptors (Lipinski definition) is 4. The molecule has 3 N–H and O–H groups in total. The van der Waals surface area contributed by atoms with Crippen LogP contribution in [-0.2, 0) is 11.3 Å². The molecule has 0 amide bonds. The molecule has 5 heteroatoms. The molecule has 1 atom stereocenters. The lowest BCUT2D eigenvalue weighted by Crippen LogP contribution is -2.48. The summed E-state index contributed by atoms with van der Waals surface area (Å²) < 4.78 is 7.89. The van der Waals surface area contributed by atoms with Crippen LogP contribution in [0.1, 0.15) is 51.9 Å². The minimum atomic E-state index is -0.314. The molecule has 5 nitrogen and oxygen atoms in total. The fourth-order valence-electron chi connectivity index (χ4n) is 2.54. The molecule has 1 aromatic heterocycles. The predicted molar refractivity (Wildman–Crippen MR) is 72.9 cm³/mol. The Morgan fingerprint density at radius 2 is 2.11 bits per heavy atom. The van der Waals surface area contributed by atoms with Crippen LogP contribution in [0.15, 0.2) is 12.4 Å². The number of imidazole rings is 1. The van der Waals surface area contributed by atoms with E-state index in [1.165, 1.54) is 0 Å². The smallest absolute Gasteiger partial charge is 0.130 e. The topological polar surface area (TPSA) is 65.1 Å². The number of methoxy groups -OCH3 is 1. The third kappa shape index (κ3) is 2.74. The van der Waals surface area contributed by atoms with Gasteiger partial charge in [0.25, 0.3) is 0 Å².